The molecule has 2 unspecified atom stereocenters. The van der Waals surface area contributed by atoms with Crippen LogP contribution in [0.25, 0.3) is 0 Å². The lowest BCUT2D eigenvalue weighted by Gasteiger charge is -2.13. The second-order valence-corrected chi connectivity index (χ2v) is 4.99. The maximum absolute atomic E-state index is 5.50. The second kappa shape index (κ2) is 3.84. The molecule has 3 heteroatoms. The lowest BCUT2D eigenvalue weighted by atomic mass is 9.89. The fourth-order valence-corrected chi connectivity index (χ4v) is 2.92. The lowest BCUT2D eigenvalue weighted by Crippen LogP contribution is -2.20. The van der Waals surface area contributed by atoms with Crippen molar-refractivity contribution in [2.75, 3.05) is 6.61 Å². The summed E-state index contributed by atoms with van der Waals surface area (Å²) in [6.45, 7) is 7.18. The van der Waals surface area contributed by atoms with E-state index in [0.29, 0.717) is 5.92 Å². The number of benzene rings is 1. The Hall–Kier alpha value is -1.35. The van der Waals surface area contributed by atoms with Gasteiger partial charge in [0.25, 0.3) is 0 Å². The first-order valence-electron chi connectivity index (χ1n) is 6.10. The zero-order valence-corrected chi connectivity index (χ0v) is 10.5. The third kappa shape index (κ3) is 1.65. The Kier molecular flexibility index (Phi) is 2.44. The van der Waals surface area contributed by atoms with E-state index >= 15 is 0 Å². The van der Waals surface area contributed by atoms with Crippen LogP contribution < -0.4 is 0 Å². The molecule has 0 saturated carbocycles. The highest BCUT2D eigenvalue weighted by Crippen LogP contribution is 2.33. The number of aryl methyl sites for hydroxylation is 3. The zero-order chi connectivity index (χ0) is 12.0. The van der Waals surface area contributed by atoms with Crippen molar-refractivity contribution in [1.29, 1.82) is 0 Å². The van der Waals surface area contributed by atoms with Crippen molar-refractivity contribution in [3.05, 3.63) is 34.4 Å². The molecule has 2 atom stereocenters. The molecule has 0 aliphatic carbocycles. The SMILES string of the molecule is Cc1cc(C)c(C2=NOC3OCCC23)c(C)c1. The minimum Gasteiger partial charge on any atom is -0.363 e. The van der Waals surface area contributed by atoms with Crippen LogP contribution in [0.4, 0.5) is 0 Å². The van der Waals surface area contributed by atoms with Crippen molar-refractivity contribution in [1.82, 2.24) is 0 Å². The molecule has 0 amide bonds. The van der Waals surface area contributed by atoms with Gasteiger partial charge in [-0.05, 0) is 38.3 Å². The fourth-order valence-electron chi connectivity index (χ4n) is 2.92. The maximum Gasteiger partial charge on any atom is 0.235 e. The Morgan fingerprint density at radius 3 is 2.59 bits per heavy atom. The van der Waals surface area contributed by atoms with E-state index < -0.39 is 0 Å². The van der Waals surface area contributed by atoms with Crippen LogP contribution in [0.5, 0.6) is 0 Å². The molecule has 1 fully saturated rings. The smallest absolute Gasteiger partial charge is 0.235 e. The summed E-state index contributed by atoms with van der Waals surface area (Å²) in [5.41, 5.74) is 6.16. The first-order valence-corrected chi connectivity index (χ1v) is 6.10. The van der Waals surface area contributed by atoms with Crippen molar-refractivity contribution in [3.63, 3.8) is 0 Å². The van der Waals surface area contributed by atoms with Gasteiger partial charge in [0.1, 0.15) is 0 Å². The minimum atomic E-state index is -0.148. The van der Waals surface area contributed by atoms with Gasteiger partial charge in [0.05, 0.1) is 18.2 Å². The van der Waals surface area contributed by atoms with Gasteiger partial charge in [-0.25, -0.2) is 0 Å². The first-order chi connectivity index (χ1) is 8.16. The minimum absolute atomic E-state index is 0.148. The summed E-state index contributed by atoms with van der Waals surface area (Å²) in [7, 11) is 0. The number of hydrogen-bond donors (Lipinski definition) is 0. The molecule has 1 saturated heterocycles. The Bertz CT molecular complexity index is 470. The topological polar surface area (TPSA) is 30.8 Å². The first kappa shape index (κ1) is 10.8. The molecule has 0 bridgehead atoms. The van der Waals surface area contributed by atoms with Gasteiger partial charge >= 0.3 is 0 Å². The van der Waals surface area contributed by atoms with E-state index in [1.807, 2.05) is 0 Å². The number of rotatable bonds is 1. The van der Waals surface area contributed by atoms with Gasteiger partial charge in [0.2, 0.25) is 6.29 Å². The van der Waals surface area contributed by atoms with E-state index in [2.05, 4.69) is 38.1 Å². The van der Waals surface area contributed by atoms with Gasteiger partial charge in [-0.2, -0.15) is 0 Å². The van der Waals surface area contributed by atoms with Crippen LogP contribution in [0.3, 0.4) is 0 Å². The van der Waals surface area contributed by atoms with Gasteiger partial charge in [0, 0.05) is 5.56 Å². The Labute approximate surface area is 101 Å². The summed E-state index contributed by atoms with van der Waals surface area (Å²) in [4.78, 5) is 5.35. The monoisotopic (exact) mass is 231 g/mol. The van der Waals surface area contributed by atoms with Gasteiger partial charge < -0.3 is 9.57 Å². The molecular weight excluding hydrogens is 214 g/mol. The molecule has 2 heterocycles. The van der Waals surface area contributed by atoms with E-state index in [0.717, 1.165) is 18.7 Å². The molecule has 0 aromatic heterocycles. The van der Waals surface area contributed by atoms with Crippen molar-refractivity contribution in [2.45, 2.75) is 33.5 Å². The molecule has 2 aliphatic heterocycles. The van der Waals surface area contributed by atoms with Gasteiger partial charge in [-0.3, -0.25) is 0 Å². The predicted octanol–water partition coefficient (Wildman–Crippen LogP) is 2.71. The van der Waals surface area contributed by atoms with Crippen molar-refractivity contribution >= 4 is 5.71 Å². The highest BCUT2D eigenvalue weighted by molar-refractivity contribution is 6.05. The maximum atomic E-state index is 5.50. The van der Waals surface area contributed by atoms with E-state index in [1.165, 1.54) is 22.3 Å². The highest BCUT2D eigenvalue weighted by atomic mass is 16.8. The van der Waals surface area contributed by atoms with Gasteiger partial charge in [0.15, 0.2) is 0 Å². The molecular formula is C14H17NO2. The number of fused-ring (bicyclic) bond motifs is 1. The Morgan fingerprint density at radius 1 is 1.18 bits per heavy atom. The molecule has 2 aliphatic rings. The third-order valence-corrected chi connectivity index (χ3v) is 3.58. The third-order valence-electron chi connectivity index (χ3n) is 3.58. The molecule has 1 aromatic rings. The summed E-state index contributed by atoms with van der Waals surface area (Å²) >= 11 is 0. The summed E-state index contributed by atoms with van der Waals surface area (Å²) < 4.78 is 5.50. The van der Waals surface area contributed by atoms with E-state index in [9.17, 15) is 0 Å². The van der Waals surface area contributed by atoms with E-state index in [4.69, 9.17) is 9.57 Å². The molecule has 0 N–H and O–H groups in total. The van der Waals surface area contributed by atoms with E-state index in [-0.39, 0.29) is 6.29 Å². The average Bonchev–Trinajstić information content (AvgIpc) is 2.80. The van der Waals surface area contributed by atoms with Crippen LogP contribution in [0.15, 0.2) is 17.3 Å². The molecule has 3 rings (SSSR count). The summed E-state index contributed by atoms with van der Waals surface area (Å²) in [5.74, 6) is 0.315. The van der Waals surface area contributed by atoms with Crippen LogP contribution in [-0.4, -0.2) is 18.6 Å². The predicted molar refractivity (Wildman–Crippen MR) is 66.1 cm³/mol. The van der Waals surface area contributed by atoms with Crippen LogP contribution in [0.1, 0.15) is 28.7 Å². The van der Waals surface area contributed by atoms with Crippen molar-refractivity contribution in [3.8, 4) is 0 Å². The molecule has 1 aromatic carbocycles. The van der Waals surface area contributed by atoms with Crippen LogP contribution in [-0.2, 0) is 9.57 Å². The molecule has 17 heavy (non-hydrogen) atoms. The van der Waals surface area contributed by atoms with Crippen molar-refractivity contribution < 1.29 is 9.57 Å². The van der Waals surface area contributed by atoms with Crippen LogP contribution in [0, 0.1) is 26.7 Å². The number of hydrogen-bond acceptors (Lipinski definition) is 3. The molecule has 0 radical (unpaired) electrons. The number of ether oxygens (including phenoxy) is 1. The number of nitrogens with zero attached hydrogens (tertiary/aromatic N) is 1. The quantitative estimate of drug-likeness (QED) is 0.744. The van der Waals surface area contributed by atoms with Gasteiger partial charge in [-0.15, -0.1) is 0 Å². The Balaban J connectivity index is 2.05. The second-order valence-electron chi connectivity index (χ2n) is 4.99. The average molecular weight is 231 g/mol. The number of oxime groups is 1. The van der Waals surface area contributed by atoms with Crippen LogP contribution in [0.2, 0.25) is 0 Å². The molecule has 90 valence electrons. The van der Waals surface area contributed by atoms with Crippen molar-refractivity contribution in [2.24, 2.45) is 11.1 Å². The fraction of sp³-hybridized carbons (Fsp3) is 0.500. The largest absolute Gasteiger partial charge is 0.363 e. The van der Waals surface area contributed by atoms with Gasteiger partial charge in [-0.1, -0.05) is 22.9 Å². The van der Waals surface area contributed by atoms with Crippen LogP contribution >= 0.6 is 0 Å². The lowest BCUT2D eigenvalue weighted by molar-refractivity contribution is -0.106. The molecule has 0 spiro atoms. The Morgan fingerprint density at radius 2 is 1.88 bits per heavy atom. The normalized spacial score (nSPS) is 26.6. The summed E-state index contributed by atoms with van der Waals surface area (Å²) in [6, 6.07) is 4.40. The standard InChI is InChI=1S/C14H17NO2/c1-8-6-9(2)12(10(3)7-8)13-11-4-5-16-14(11)17-15-13/h6-7,11,14H,4-5H2,1-3H3. The summed E-state index contributed by atoms with van der Waals surface area (Å²) in [5, 5.41) is 4.23. The summed E-state index contributed by atoms with van der Waals surface area (Å²) in [6.07, 6.45) is 0.862. The molecule has 3 nitrogen and oxygen atoms in total. The highest BCUT2D eigenvalue weighted by Gasteiger charge is 2.40. The van der Waals surface area contributed by atoms with E-state index in [1.54, 1.807) is 0 Å². The zero-order valence-electron chi connectivity index (χ0n) is 10.5.